The molecule has 33 heavy (non-hydrogen) atoms. The lowest BCUT2D eigenvalue weighted by molar-refractivity contribution is 0.0474. The number of benzene rings is 1. The van der Waals surface area contributed by atoms with Crippen molar-refractivity contribution in [1.82, 2.24) is 25.5 Å². The van der Waals surface area contributed by atoms with Crippen molar-refractivity contribution < 1.29 is 9.53 Å². The molecule has 0 aliphatic heterocycles. The summed E-state index contributed by atoms with van der Waals surface area (Å²) in [6, 6.07) is 10.4. The maximum atomic E-state index is 12.1. The average Bonchev–Trinajstić information content (AvgIpc) is 3.15. The number of hydrogen-bond donors (Lipinski definition) is 3. The van der Waals surface area contributed by atoms with E-state index in [1.54, 1.807) is 0 Å². The van der Waals surface area contributed by atoms with E-state index >= 15 is 0 Å². The summed E-state index contributed by atoms with van der Waals surface area (Å²) < 4.78 is 7.49. The van der Waals surface area contributed by atoms with Gasteiger partial charge in [0, 0.05) is 32.0 Å². The predicted octanol–water partition coefficient (Wildman–Crippen LogP) is 4.10. The Morgan fingerprint density at radius 1 is 1.12 bits per heavy atom. The number of aromatic nitrogens is 2. The first-order valence-corrected chi connectivity index (χ1v) is 11.2. The average molecular weight is 571 g/mol. The molecule has 0 radical (unpaired) electrons. The molecular formula is C24H39IN6O2. The minimum Gasteiger partial charge on any atom is -0.444 e. The zero-order valence-electron chi connectivity index (χ0n) is 20.6. The van der Waals surface area contributed by atoms with Gasteiger partial charge in [-0.05, 0) is 53.5 Å². The second kappa shape index (κ2) is 13.4. The Balaban J connectivity index is 0.00000544. The highest BCUT2D eigenvalue weighted by Crippen LogP contribution is 2.09. The highest BCUT2D eigenvalue weighted by molar-refractivity contribution is 14.0. The number of hydrogen-bond acceptors (Lipinski definition) is 4. The van der Waals surface area contributed by atoms with Crippen LogP contribution in [0.15, 0.2) is 47.7 Å². The van der Waals surface area contributed by atoms with E-state index in [1.165, 1.54) is 5.56 Å². The Morgan fingerprint density at radius 2 is 1.82 bits per heavy atom. The van der Waals surface area contributed by atoms with Crippen LogP contribution in [0.3, 0.4) is 0 Å². The molecule has 1 amide bonds. The van der Waals surface area contributed by atoms with Gasteiger partial charge in [0.25, 0.3) is 0 Å². The number of halogens is 1. The van der Waals surface area contributed by atoms with Crippen molar-refractivity contribution in [2.75, 3.05) is 13.1 Å². The number of carbonyl (C=O) groups excluding carboxylic acids is 1. The van der Waals surface area contributed by atoms with Crippen LogP contribution in [0.25, 0.3) is 0 Å². The number of rotatable bonds is 9. The number of imidazole rings is 1. The van der Waals surface area contributed by atoms with Gasteiger partial charge in [0.1, 0.15) is 18.0 Å². The summed E-state index contributed by atoms with van der Waals surface area (Å²) in [6.07, 6.45) is 4.30. The van der Waals surface area contributed by atoms with Crippen molar-refractivity contribution >= 4 is 36.0 Å². The SMILES string of the molecule is CCNC(=NCc1nccn1CCc1ccccc1)NCC(C)(C)NC(=O)OC(C)(C)C.I. The minimum atomic E-state index is -0.535. The van der Waals surface area contributed by atoms with Crippen LogP contribution in [-0.2, 0) is 24.2 Å². The zero-order chi connectivity index (χ0) is 23.6. The lowest BCUT2D eigenvalue weighted by atomic mass is 10.1. The molecule has 0 atom stereocenters. The molecule has 2 rings (SSSR count). The number of alkyl carbamates (subject to hydrolysis) is 1. The fraction of sp³-hybridized carbons (Fsp3) is 0.542. The first kappa shape index (κ1) is 28.7. The molecule has 0 bridgehead atoms. The molecule has 3 N–H and O–H groups in total. The fourth-order valence-corrected chi connectivity index (χ4v) is 3.01. The van der Waals surface area contributed by atoms with Crippen molar-refractivity contribution in [3.63, 3.8) is 0 Å². The molecule has 184 valence electrons. The van der Waals surface area contributed by atoms with Crippen molar-refractivity contribution in [3.05, 3.63) is 54.1 Å². The van der Waals surface area contributed by atoms with Crippen LogP contribution >= 0.6 is 24.0 Å². The Bertz CT molecular complexity index is 875. The lowest BCUT2D eigenvalue weighted by Gasteiger charge is -2.29. The predicted molar refractivity (Wildman–Crippen MR) is 144 cm³/mol. The van der Waals surface area contributed by atoms with Crippen LogP contribution < -0.4 is 16.0 Å². The molecular weight excluding hydrogens is 531 g/mol. The van der Waals surface area contributed by atoms with Gasteiger partial charge in [0.05, 0.1) is 5.54 Å². The summed E-state index contributed by atoms with van der Waals surface area (Å²) >= 11 is 0. The number of guanidine groups is 1. The number of aliphatic imine (C=N–C) groups is 1. The van der Waals surface area contributed by atoms with Gasteiger partial charge in [-0.15, -0.1) is 24.0 Å². The van der Waals surface area contributed by atoms with E-state index in [4.69, 9.17) is 4.74 Å². The van der Waals surface area contributed by atoms with Crippen LogP contribution in [0.5, 0.6) is 0 Å². The Morgan fingerprint density at radius 3 is 2.45 bits per heavy atom. The summed E-state index contributed by atoms with van der Waals surface area (Å²) in [5.41, 5.74) is 0.240. The van der Waals surface area contributed by atoms with Crippen molar-refractivity contribution in [2.45, 2.75) is 72.2 Å². The Kier molecular flexibility index (Phi) is 11.7. The molecule has 1 aromatic carbocycles. The maximum Gasteiger partial charge on any atom is 0.408 e. The molecule has 0 saturated carbocycles. The Hall–Kier alpha value is -2.30. The molecule has 2 aromatic rings. The molecule has 1 aromatic heterocycles. The molecule has 9 heteroatoms. The highest BCUT2D eigenvalue weighted by atomic mass is 127. The number of aryl methyl sites for hydroxylation is 2. The quantitative estimate of drug-likeness (QED) is 0.240. The van der Waals surface area contributed by atoms with E-state index in [9.17, 15) is 4.79 Å². The first-order chi connectivity index (χ1) is 15.1. The van der Waals surface area contributed by atoms with E-state index in [1.807, 2.05) is 60.0 Å². The number of nitrogens with zero attached hydrogens (tertiary/aromatic N) is 3. The van der Waals surface area contributed by atoms with Gasteiger partial charge in [-0.1, -0.05) is 30.3 Å². The van der Waals surface area contributed by atoms with Crippen molar-refractivity contribution in [1.29, 1.82) is 0 Å². The van der Waals surface area contributed by atoms with Gasteiger partial charge in [-0.2, -0.15) is 0 Å². The summed E-state index contributed by atoms with van der Waals surface area (Å²) in [7, 11) is 0. The van der Waals surface area contributed by atoms with Gasteiger partial charge in [-0.25, -0.2) is 14.8 Å². The van der Waals surface area contributed by atoms with E-state index in [-0.39, 0.29) is 24.0 Å². The highest BCUT2D eigenvalue weighted by Gasteiger charge is 2.24. The van der Waals surface area contributed by atoms with E-state index in [2.05, 4.69) is 54.8 Å². The van der Waals surface area contributed by atoms with Crippen molar-refractivity contribution in [3.8, 4) is 0 Å². The normalized spacial score (nSPS) is 12.0. The maximum absolute atomic E-state index is 12.1. The third-order valence-electron chi connectivity index (χ3n) is 4.55. The lowest BCUT2D eigenvalue weighted by Crippen LogP contribution is -2.54. The molecule has 0 spiro atoms. The van der Waals surface area contributed by atoms with E-state index in [0.717, 1.165) is 25.3 Å². The number of carbonyl (C=O) groups is 1. The topological polar surface area (TPSA) is 92.6 Å². The number of nitrogens with one attached hydrogen (secondary N) is 3. The molecule has 0 saturated heterocycles. The summed E-state index contributed by atoms with van der Waals surface area (Å²) in [4.78, 5) is 21.3. The van der Waals surface area contributed by atoms with Crippen LogP contribution in [0, 0.1) is 0 Å². The molecule has 0 unspecified atom stereocenters. The van der Waals surface area contributed by atoms with E-state index < -0.39 is 17.2 Å². The van der Waals surface area contributed by atoms with Crippen molar-refractivity contribution in [2.24, 2.45) is 4.99 Å². The van der Waals surface area contributed by atoms with Crippen LogP contribution in [0.4, 0.5) is 4.79 Å². The minimum absolute atomic E-state index is 0. The molecule has 8 nitrogen and oxygen atoms in total. The van der Waals surface area contributed by atoms with Gasteiger partial charge < -0.3 is 25.3 Å². The zero-order valence-corrected chi connectivity index (χ0v) is 23.0. The summed E-state index contributed by atoms with van der Waals surface area (Å²) in [5, 5.41) is 9.44. The third-order valence-corrected chi connectivity index (χ3v) is 4.55. The first-order valence-electron chi connectivity index (χ1n) is 11.2. The number of ether oxygens (including phenoxy) is 1. The fourth-order valence-electron chi connectivity index (χ4n) is 3.01. The third kappa shape index (κ3) is 11.4. The van der Waals surface area contributed by atoms with Gasteiger partial charge in [-0.3, -0.25) is 0 Å². The standard InChI is InChI=1S/C24H38N6O2.HI/c1-7-25-21(28-18-24(5,6)29-22(31)32-23(2,3)4)27-17-20-26-14-16-30(20)15-13-19-11-9-8-10-12-19;/h8-12,14,16H,7,13,15,17-18H2,1-6H3,(H,29,31)(H2,25,27,28);1H. The largest absolute Gasteiger partial charge is 0.444 e. The monoisotopic (exact) mass is 570 g/mol. The van der Waals surface area contributed by atoms with Gasteiger partial charge >= 0.3 is 6.09 Å². The molecule has 1 heterocycles. The Labute approximate surface area is 215 Å². The van der Waals surface area contributed by atoms with Gasteiger partial charge in [0.15, 0.2) is 5.96 Å². The van der Waals surface area contributed by atoms with Crippen LogP contribution in [0.1, 0.15) is 52.9 Å². The van der Waals surface area contributed by atoms with Gasteiger partial charge in [0.2, 0.25) is 0 Å². The van der Waals surface area contributed by atoms with Crippen LogP contribution in [0.2, 0.25) is 0 Å². The molecule has 0 fully saturated rings. The smallest absolute Gasteiger partial charge is 0.408 e. The molecule has 0 aliphatic rings. The van der Waals surface area contributed by atoms with Crippen LogP contribution in [-0.4, -0.2) is 45.8 Å². The summed E-state index contributed by atoms with van der Waals surface area (Å²) in [6.45, 7) is 13.9. The molecule has 0 aliphatic carbocycles. The van der Waals surface area contributed by atoms with E-state index in [0.29, 0.717) is 19.0 Å². The summed E-state index contributed by atoms with van der Waals surface area (Å²) in [5.74, 6) is 1.58. The second-order valence-electron chi connectivity index (χ2n) is 9.33. The number of amides is 1. The second-order valence-corrected chi connectivity index (χ2v) is 9.33.